The van der Waals surface area contributed by atoms with Crippen LogP contribution in [-0.2, 0) is 7.05 Å². The van der Waals surface area contributed by atoms with Gasteiger partial charge in [0.05, 0.1) is 35.0 Å². The molecule has 5 rings (SSSR count). The SMILES string of the molecule is CSNC(=O)c1nc(Cl)ccc1NC(C)c1cc(C)cc2c(=O)n(C)c(N3CCC(c4ncc(F)cn4)CC3)nc12. The Labute approximate surface area is 245 Å². The Morgan fingerprint density at radius 2 is 1.88 bits per heavy atom. The van der Waals surface area contributed by atoms with Crippen LogP contribution in [0.15, 0.2) is 41.5 Å². The van der Waals surface area contributed by atoms with Crippen molar-refractivity contribution in [3.63, 3.8) is 0 Å². The second-order valence-electron chi connectivity index (χ2n) is 10.1. The van der Waals surface area contributed by atoms with Gasteiger partial charge in [0.15, 0.2) is 11.5 Å². The predicted molar refractivity (Wildman–Crippen MR) is 160 cm³/mol. The molecule has 0 spiro atoms. The Hall–Kier alpha value is -3.77. The summed E-state index contributed by atoms with van der Waals surface area (Å²) in [5.74, 6) is 0.491. The largest absolute Gasteiger partial charge is 0.377 e. The number of fused-ring (bicyclic) bond motifs is 1. The van der Waals surface area contributed by atoms with Gasteiger partial charge in [0, 0.05) is 37.9 Å². The number of carbonyl (C=O) groups is 1. The average Bonchev–Trinajstić information content (AvgIpc) is 2.96. The number of carbonyl (C=O) groups excluding carboxylic acids is 1. The first-order valence-corrected chi connectivity index (χ1v) is 14.8. The number of benzene rings is 1. The predicted octanol–water partition coefficient (Wildman–Crippen LogP) is 4.78. The molecule has 1 saturated heterocycles. The third-order valence-electron chi connectivity index (χ3n) is 7.22. The molecule has 1 aromatic carbocycles. The fourth-order valence-electron chi connectivity index (χ4n) is 5.20. The van der Waals surface area contributed by atoms with Crippen molar-refractivity contribution in [3.8, 4) is 0 Å². The fourth-order valence-corrected chi connectivity index (χ4v) is 5.63. The van der Waals surface area contributed by atoms with Crippen LogP contribution in [0.3, 0.4) is 0 Å². The number of nitrogens with one attached hydrogen (secondary N) is 2. The molecular formula is C28H30ClFN8O2S. The van der Waals surface area contributed by atoms with E-state index in [9.17, 15) is 14.0 Å². The van der Waals surface area contributed by atoms with Crippen LogP contribution in [0, 0.1) is 12.7 Å². The molecule has 4 aromatic rings. The highest BCUT2D eigenvalue weighted by atomic mass is 35.5. The second kappa shape index (κ2) is 12.0. The number of pyridine rings is 1. The summed E-state index contributed by atoms with van der Waals surface area (Å²) in [6, 6.07) is 6.86. The third-order valence-corrected chi connectivity index (χ3v) is 7.82. The summed E-state index contributed by atoms with van der Waals surface area (Å²) >= 11 is 7.26. The van der Waals surface area contributed by atoms with E-state index in [2.05, 4.69) is 29.9 Å². The summed E-state index contributed by atoms with van der Waals surface area (Å²) in [5.41, 5.74) is 2.88. The van der Waals surface area contributed by atoms with Crippen molar-refractivity contribution in [2.75, 3.05) is 29.6 Å². The van der Waals surface area contributed by atoms with E-state index in [1.54, 1.807) is 30.0 Å². The van der Waals surface area contributed by atoms with Crippen molar-refractivity contribution >= 4 is 52.0 Å². The molecule has 1 aliphatic rings. The van der Waals surface area contributed by atoms with Crippen molar-refractivity contribution in [3.05, 3.63) is 80.6 Å². The molecule has 1 fully saturated rings. The zero-order valence-corrected chi connectivity index (χ0v) is 24.7. The van der Waals surface area contributed by atoms with Crippen LogP contribution in [0.5, 0.6) is 0 Å². The number of nitrogens with zero attached hydrogens (tertiary/aromatic N) is 6. The van der Waals surface area contributed by atoms with E-state index in [4.69, 9.17) is 16.6 Å². The minimum atomic E-state index is -0.455. The Bertz CT molecular complexity index is 1660. The minimum Gasteiger partial charge on any atom is -0.377 e. The van der Waals surface area contributed by atoms with Gasteiger partial charge in [-0.15, -0.1) is 0 Å². The van der Waals surface area contributed by atoms with Gasteiger partial charge in [-0.25, -0.2) is 24.3 Å². The van der Waals surface area contributed by atoms with E-state index in [-0.39, 0.29) is 34.3 Å². The second-order valence-corrected chi connectivity index (χ2v) is 11.1. The Morgan fingerprint density at radius 3 is 2.56 bits per heavy atom. The molecule has 0 radical (unpaired) electrons. The van der Waals surface area contributed by atoms with E-state index in [1.807, 2.05) is 26.0 Å². The lowest BCUT2D eigenvalue weighted by Gasteiger charge is -2.33. The highest BCUT2D eigenvalue weighted by molar-refractivity contribution is 7.97. The molecule has 0 bridgehead atoms. The van der Waals surface area contributed by atoms with Crippen LogP contribution in [-0.4, -0.2) is 49.8 Å². The minimum absolute atomic E-state index is 0.109. The normalized spacial score (nSPS) is 14.7. The number of hydrogen-bond donors (Lipinski definition) is 2. The number of hydrogen-bond acceptors (Lipinski definition) is 9. The van der Waals surface area contributed by atoms with Crippen molar-refractivity contribution in [2.24, 2.45) is 7.05 Å². The van der Waals surface area contributed by atoms with E-state index in [0.29, 0.717) is 41.5 Å². The van der Waals surface area contributed by atoms with Gasteiger partial charge in [0.25, 0.3) is 11.5 Å². The molecule has 1 atom stereocenters. The topological polar surface area (TPSA) is 118 Å². The van der Waals surface area contributed by atoms with Crippen LogP contribution >= 0.6 is 23.5 Å². The maximum Gasteiger partial charge on any atom is 0.281 e. The van der Waals surface area contributed by atoms with Crippen LogP contribution in [0.4, 0.5) is 16.0 Å². The molecule has 3 aromatic heterocycles. The summed E-state index contributed by atoms with van der Waals surface area (Å²) in [4.78, 5) is 45.9. The van der Waals surface area contributed by atoms with Gasteiger partial charge in [-0.2, -0.15) is 0 Å². The lowest BCUT2D eigenvalue weighted by molar-refractivity contribution is 0.0980. The van der Waals surface area contributed by atoms with Crippen LogP contribution in [0.25, 0.3) is 10.9 Å². The Balaban J connectivity index is 1.48. The first-order valence-electron chi connectivity index (χ1n) is 13.2. The Morgan fingerprint density at radius 1 is 1.17 bits per heavy atom. The molecule has 1 amide bonds. The number of anilines is 2. The lowest BCUT2D eigenvalue weighted by Crippen LogP contribution is -2.38. The van der Waals surface area contributed by atoms with Crippen molar-refractivity contribution in [1.82, 2.24) is 29.2 Å². The molecule has 1 unspecified atom stereocenters. The van der Waals surface area contributed by atoms with Crippen molar-refractivity contribution in [2.45, 2.75) is 38.6 Å². The molecule has 1 aliphatic heterocycles. The van der Waals surface area contributed by atoms with E-state index < -0.39 is 5.82 Å². The molecule has 0 saturated carbocycles. The lowest BCUT2D eigenvalue weighted by atomic mass is 9.96. The maximum atomic E-state index is 13.6. The summed E-state index contributed by atoms with van der Waals surface area (Å²) < 4.78 is 17.6. The van der Waals surface area contributed by atoms with E-state index in [1.165, 1.54) is 24.3 Å². The summed E-state index contributed by atoms with van der Waals surface area (Å²) in [5, 5.41) is 4.11. The van der Waals surface area contributed by atoms with E-state index in [0.717, 1.165) is 24.0 Å². The monoisotopic (exact) mass is 596 g/mol. The van der Waals surface area contributed by atoms with E-state index >= 15 is 0 Å². The number of piperidine rings is 1. The number of aryl methyl sites for hydroxylation is 1. The number of halogens is 2. The fraction of sp³-hybridized carbons (Fsp3) is 0.357. The number of rotatable bonds is 7. The molecule has 0 aliphatic carbocycles. The molecule has 10 nitrogen and oxygen atoms in total. The first-order chi connectivity index (χ1) is 19.7. The molecule has 41 heavy (non-hydrogen) atoms. The third kappa shape index (κ3) is 5.98. The summed E-state index contributed by atoms with van der Waals surface area (Å²) in [7, 11) is 1.74. The van der Waals surface area contributed by atoms with Crippen molar-refractivity contribution < 1.29 is 9.18 Å². The molecule has 13 heteroatoms. The average molecular weight is 597 g/mol. The van der Waals surface area contributed by atoms with Crippen LogP contribution in [0.1, 0.15) is 59.2 Å². The van der Waals surface area contributed by atoms with Gasteiger partial charge in [-0.3, -0.25) is 18.9 Å². The van der Waals surface area contributed by atoms with Crippen LogP contribution < -0.4 is 20.5 Å². The molecule has 214 valence electrons. The van der Waals surface area contributed by atoms with Gasteiger partial charge in [0.2, 0.25) is 5.95 Å². The zero-order chi connectivity index (χ0) is 29.3. The van der Waals surface area contributed by atoms with Gasteiger partial charge >= 0.3 is 0 Å². The zero-order valence-electron chi connectivity index (χ0n) is 23.1. The molecular weight excluding hydrogens is 567 g/mol. The van der Waals surface area contributed by atoms with Gasteiger partial charge in [0.1, 0.15) is 11.0 Å². The van der Waals surface area contributed by atoms with Gasteiger partial charge in [-0.05, 0) is 50.5 Å². The summed E-state index contributed by atoms with van der Waals surface area (Å²) in [6.45, 7) is 5.19. The van der Waals surface area contributed by atoms with Gasteiger partial charge in [-0.1, -0.05) is 29.6 Å². The number of aromatic nitrogens is 5. The molecule has 2 N–H and O–H groups in total. The smallest absolute Gasteiger partial charge is 0.281 e. The standard InChI is InChI=1S/C28H30ClFN8O2S/c1-15-11-19(16(2)33-21-5-6-22(29)34-24(21)26(39)36-41-4)23-20(12-15)27(40)37(3)28(35-23)38-9-7-17(8-10-38)25-31-13-18(30)14-32-25/h5-6,11-14,16-17,33H,7-10H2,1-4H3,(H,36,39). The highest BCUT2D eigenvalue weighted by Gasteiger charge is 2.26. The first kappa shape index (κ1) is 28.7. The van der Waals surface area contributed by atoms with Crippen LogP contribution in [0.2, 0.25) is 5.15 Å². The van der Waals surface area contributed by atoms with Gasteiger partial charge < -0.3 is 10.2 Å². The van der Waals surface area contributed by atoms with Crippen molar-refractivity contribution in [1.29, 1.82) is 0 Å². The summed E-state index contributed by atoms with van der Waals surface area (Å²) in [6.07, 6.45) is 5.64. The maximum absolute atomic E-state index is 13.6. The molecule has 4 heterocycles. The Kier molecular flexibility index (Phi) is 8.41. The highest BCUT2D eigenvalue weighted by Crippen LogP contribution is 2.31. The quantitative estimate of drug-likeness (QED) is 0.229. The number of amides is 1.